The third kappa shape index (κ3) is 4.26. The van der Waals surface area contributed by atoms with Crippen molar-refractivity contribution in [3.63, 3.8) is 0 Å². The average molecular weight is 258 g/mol. The molecule has 1 atom stereocenters. The maximum Gasteiger partial charge on any atom is 0.324 e. The molecule has 1 rings (SSSR count). The number of nitrogens with one attached hydrogen (secondary N) is 1. The highest BCUT2D eigenvalue weighted by Crippen LogP contribution is 2.14. The van der Waals surface area contributed by atoms with Crippen molar-refractivity contribution < 1.29 is 9.47 Å². The second-order valence-electron chi connectivity index (χ2n) is 3.34. The van der Waals surface area contributed by atoms with E-state index in [1.165, 1.54) is 14.2 Å². The lowest BCUT2D eigenvalue weighted by atomic mass is 10.3. The lowest BCUT2D eigenvalue weighted by Gasteiger charge is -2.15. The van der Waals surface area contributed by atoms with Crippen LogP contribution < -0.4 is 14.8 Å². The molecule has 0 saturated heterocycles. The SMILES string of the molecule is CCC(CSC)Nc1nc(OC)nc(OC)n1. The van der Waals surface area contributed by atoms with Gasteiger partial charge in [0.05, 0.1) is 14.2 Å². The predicted molar refractivity (Wildman–Crippen MR) is 69.0 cm³/mol. The Morgan fingerprint density at radius 2 is 1.76 bits per heavy atom. The molecule has 7 heteroatoms. The largest absolute Gasteiger partial charge is 0.467 e. The van der Waals surface area contributed by atoms with Gasteiger partial charge in [-0.25, -0.2) is 0 Å². The lowest BCUT2D eigenvalue weighted by Crippen LogP contribution is -2.23. The molecule has 0 aliphatic rings. The Kier molecular flexibility index (Phi) is 5.82. The van der Waals surface area contributed by atoms with E-state index in [1.807, 2.05) is 0 Å². The van der Waals surface area contributed by atoms with Gasteiger partial charge in [-0.2, -0.15) is 21.7 Å². The Labute approximate surface area is 106 Å². The van der Waals surface area contributed by atoms with Crippen molar-refractivity contribution in [3.8, 4) is 12.0 Å². The molecular formula is C10H18N4O2S. The third-order valence-electron chi connectivity index (χ3n) is 2.15. The molecular weight excluding hydrogens is 240 g/mol. The molecule has 1 N–H and O–H groups in total. The van der Waals surface area contributed by atoms with E-state index in [2.05, 4.69) is 33.4 Å². The van der Waals surface area contributed by atoms with Crippen molar-refractivity contribution in [3.05, 3.63) is 0 Å². The Balaban J connectivity index is 2.81. The van der Waals surface area contributed by atoms with Crippen LogP contribution in [0.5, 0.6) is 12.0 Å². The quantitative estimate of drug-likeness (QED) is 0.793. The summed E-state index contributed by atoms with van der Waals surface area (Å²) in [6, 6.07) is 0.818. The first kappa shape index (κ1) is 13.8. The first-order valence-corrected chi connectivity index (χ1v) is 6.72. The molecule has 0 amide bonds. The van der Waals surface area contributed by atoms with E-state index in [4.69, 9.17) is 9.47 Å². The highest BCUT2D eigenvalue weighted by molar-refractivity contribution is 7.98. The van der Waals surface area contributed by atoms with E-state index < -0.39 is 0 Å². The molecule has 1 aromatic rings. The fourth-order valence-corrected chi connectivity index (χ4v) is 1.95. The van der Waals surface area contributed by atoms with E-state index in [1.54, 1.807) is 11.8 Å². The second-order valence-corrected chi connectivity index (χ2v) is 4.25. The van der Waals surface area contributed by atoms with Crippen molar-refractivity contribution in [2.24, 2.45) is 0 Å². The number of nitrogens with zero attached hydrogens (tertiary/aromatic N) is 3. The molecule has 6 nitrogen and oxygen atoms in total. The zero-order valence-electron chi connectivity index (χ0n) is 10.6. The van der Waals surface area contributed by atoms with E-state index in [0.29, 0.717) is 12.0 Å². The molecule has 0 aliphatic heterocycles. The van der Waals surface area contributed by atoms with Crippen LogP contribution in [0.1, 0.15) is 13.3 Å². The van der Waals surface area contributed by atoms with Crippen LogP contribution in [0, 0.1) is 0 Å². The summed E-state index contributed by atoms with van der Waals surface area (Å²) in [6.45, 7) is 2.11. The van der Waals surface area contributed by atoms with E-state index >= 15 is 0 Å². The predicted octanol–water partition coefficient (Wildman–Crippen LogP) is 1.44. The molecule has 0 radical (unpaired) electrons. The minimum absolute atomic E-state index is 0.248. The number of hydrogen-bond acceptors (Lipinski definition) is 7. The number of hydrogen-bond donors (Lipinski definition) is 1. The average Bonchev–Trinajstić information content (AvgIpc) is 2.37. The van der Waals surface area contributed by atoms with Crippen LogP contribution in [0.25, 0.3) is 0 Å². The summed E-state index contributed by atoms with van der Waals surface area (Å²) in [7, 11) is 3.02. The Bertz CT molecular complexity index is 329. The summed E-state index contributed by atoms with van der Waals surface area (Å²) in [5, 5.41) is 3.24. The maximum atomic E-state index is 4.99. The normalized spacial score (nSPS) is 12.0. The highest BCUT2D eigenvalue weighted by atomic mass is 32.2. The van der Waals surface area contributed by atoms with Crippen molar-refractivity contribution in [2.45, 2.75) is 19.4 Å². The van der Waals surface area contributed by atoms with Gasteiger partial charge in [-0.3, -0.25) is 0 Å². The summed E-state index contributed by atoms with van der Waals surface area (Å²) < 4.78 is 9.97. The van der Waals surface area contributed by atoms with Crippen LogP contribution in [0.15, 0.2) is 0 Å². The van der Waals surface area contributed by atoms with Gasteiger partial charge in [0.2, 0.25) is 5.95 Å². The molecule has 1 heterocycles. The van der Waals surface area contributed by atoms with Gasteiger partial charge in [-0.05, 0) is 12.7 Å². The van der Waals surface area contributed by atoms with Crippen molar-refractivity contribution >= 4 is 17.7 Å². The van der Waals surface area contributed by atoms with E-state index in [0.717, 1.165) is 12.2 Å². The van der Waals surface area contributed by atoms with E-state index in [9.17, 15) is 0 Å². The lowest BCUT2D eigenvalue weighted by molar-refractivity contribution is 0.341. The zero-order chi connectivity index (χ0) is 12.7. The number of thioether (sulfide) groups is 1. The van der Waals surface area contributed by atoms with Gasteiger partial charge >= 0.3 is 12.0 Å². The first-order chi connectivity index (χ1) is 8.23. The number of methoxy groups -OCH3 is 2. The van der Waals surface area contributed by atoms with Gasteiger partial charge in [-0.1, -0.05) is 6.92 Å². The topological polar surface area (TPSA) is 69.2 Å². The fourth-order valence-electron chi connectivity index (χ4n) is 1.23. The van der Waals surface area contributed by atoms with Gasteiger partial charge < -0.3 is 14.8 Å². The van der Waals surface area contributed by atoms with Crippen LogP contribution in [-0.2, 0) is 0 Å². The smallest absolute Gasteiger partial charge is 0.324 e. The summed E-state index contributed by atoms with van der Waals surface area (Å²) in [5.41, 5.74) is 0. The molecule has 1 unspecified atom stereocenters. The molecule has 0 fully saturated rings. The second kappa shape index (κ2) is 7.16. The monoisotopic (exact) mass is 258 g/mol. The Morgan fingerprint density at radius 3 is 2.18 bits per heavy atom. The van der Waals surface area contributed by atoms with Gasteiger partial charge in [-0.15, -0.1) is 4.98 Å². The molecule has 1 aromatic heterocycles. The molecule has 0 spiro atoms. The van der Waals surface area contributed by atoms with Crippen LogP contribution in [0.3, 0.4) is 0 Å². The van der Waals surface area contributed by atoms with Gasteiger partial charge in [0.15, 0.2) is 0 Å². The zero-order valence-corrected chi connectivity index (χ0v) is 11.4. The van der Waals surface area contributed by atoms with E-state index in [-0.39, 0.29) is 12.0 Å². The molecule has 17 heavy (non-hydrogen) atoms. The standard InChI is InChI=1S/C10H18N4O2S/c1-5-7(6-17-4)11-8-12-9(15-2)14-10(13-8)16-3/h7H,5-6H2,1-4H3,(H,11,12,13,14). The Hall–Kier alpha value is -1.24. The Morgan fingerprint density at radius 1 is 1.18 bits per heavy atom. The van der Waals surface area contributed by atoms with Crippen LogP contribution >= 0.6 is 11.8 Å². The summed E-state index contributed by atoms with van der Waals surface area (Å²) >= 11 is 1.78. The number of anilines is 1. The maximum absolute atomic E-state index is 4.99. The van der Waals surface area contributed by atoms with Crippen LogP contribution in [-0.4, -0.2) is 47.2 Å². The molecule has 0 saturated carbocycles. The van der Waals surface area contributed by atoms with Gasteiger partial charge in [0.1, 0.15) is 0 Å². The fraction of sp³-hybridized carbons (Fsp3) is 0.700. The van der Waals surface area contributed by atoms with Crippen molar-refractivity contribution in [1.29, 1.82) is 0 Å². The van der Waals surface area contributed by atoms with Crippen LogP contribution in [0.4, 0.5) is 5.95 Å². The minimum atomic E-state index is 0.248. The van der Waals surface area contributed by atoms with Crippen molar-refractivity contribution in [2.75, 3.05) is 31.5 Å². The number of rotatable bonds is 7. The number of aromatic nitrogens is 3. The van der Waals surface area contributed by atoms with Gasteiger partial charge in [0, 0.05) is 11.8 Å². The molecule has 96 valence electrons. The number of ether oxygens (including phenoxy) is 2. The molecule has 0 bridgehead atoms. The summed E-state index contributed by atoms with van der Waals surface area (Å²) in [4.78, 5) is 12.2. The summed E-state index contributed by atoms with van der Waals surface area (Å²) in [6.07, 6.45) is 3.07. The molecule has 0 aliphatic carbocycles. The third-order valence-corrected chi connectivity index (χ3v) is 2.89. The van der Waals surface area contributed by atoms with Gasteiger partial charge in [0.25, 0.3) is 0 Å². The summed E-state index contributed by atoms with van der Waals surface area (Å²) in [5.74, 6) is 1.47. The van der Waals surface area contributed by atoms with Crippen LogP contribution in [0.2, 0.25) is 0 Å². The van der Waals surface area contributed by atoms with Crippen molar-refractivity contribution in [1.82, 2.24) is 15.0 Å². The minimum Gasteiger partial charge on any atom is -0.467 e. The first-order valence-electron chi connectivity index (χ1n) is 5.33. The molecule has 0 aromatic carbocycles. The highest BCUT2D eigenvalue weighted by Gasteiger charge is 2.11.